The molecular formula is C12H24Cl2O5. The van der Waals surface area contributed by atoms with Crippen LogP contribution in [0.2, 0.25) is 0 Å². The van der Waals surface area contributed by atoms with Crippen LogP contribution in [0, 0.1) is 0 Å². The summed E-state index contributed by atoms with van der Waals surface area (Å²) in [6.45, 7) is 5.62. The normalized spacial score (nSPS) is 11.1. The van der Waals surface area contributed by atoms with E-state index >= 15 is 0 Å². The van der Waals surface area contributed by atoms with Crippen molar-refractivity contribution in [3.8, 4) is 0 Å². The van der Waals surface area contributed by atoms with E-state index in [1.54, 1.807) is 0 Å². The summed E-state index contributed by atoms with van der Waals surface area (Å²) in [4.78, 5) is 0. The number of halogens is 2. The first-order valence-corrected chi connectivity index (χ1v) is 7.49. The van der Waals surface area contributed by atoms with Crippen molar-refractivity contribution in [3.05, 3.63) is 0 Å². The summed E-state index contributed by atoms with van der Waals surface area (Å²) in [5.74, 6) is 1.03. The molecule has 0 unspecified atom stereocenters. The molecule has 0 atom stereocenters. The SMILES string of the molecule is ClCCOCCOCCOCCOCCOCCCl. The Hall–Kier alpha value is 0.380. The maximum atomic E-state index is 5.45. The van der Waals surface area contributed by atoms with Crippen molar-refractivity contribution >= 4 is 23.2 Å². The summed E-state index contributed by atoms with van der Waals surface area (Å²) in [6.07, 6.45) is 0. The summed E-state index contributed by atoms with van der Waals surface area (Å²) < 4.78 is 26.2. The maximum absolute atomic E-state index is 5.45. The second kappa shape index (κ2) is 18.4. The number of hydrogen-bond donors (Lipinski definition) is 0. The molecule has 0 N–H and O–H groups in total. The molecule has 0 amide bonds. The van der Waals surface area contributed by atoms with Gasteiger partial charge in [-0.3, -0.25) is 0 Å². The van der Waals surface area contributed by atoms with Crippen LogP contribution in [0.4, 0.5) is 0 Å². The molecule has 0 aliphatic rings. The fraction of sp³-hybridized carbons (Fsp3) is 1.00. The summed E-state index contributed by atoms with van der Waals surface area (Å²) >= 11 is 10.9. The first-order valence-electron chi connectivity index (χ1n) is 6.42. The fourth-order valence-corrected chi connectivity index (χ4v) is 1.31. The molecule has 0 bridgehead atoms. The molecule has 0 spiro atoms. The highest BCUT2D eigenvalue weighted by molar-refractivity contribution is 6.18. The van der Waals surface area contributed by atoms with E-state index in [9.17, 15) is 0 Å². The van der Waals surface area contributed by atoms with Crippen molar-refractivity contribution in [2.75, 3.05) is 77.8 Å². The van der Waals surface area contributed by atoms with Crippen LogP contribution < -0.4 is 0 Å². The Morgan fingerprint density at radius 1 is 0.368 bits per heavy atom. The number of ether oxygens (including phenoxy) is 5. The molecule has 0 saturated heterocycles. The van der Waals surface area contributed by atoms with Crippen molar-refractivity contribution in [2.45, 2.75) is 0 Å². The van der Waals surface area contributed by atoms with Crippen molar-refractivity contribution < 1.29 is 23.7 Å². The Morgan fingerprint density at radius 2 is 0.579 bits per heavy atom. The average molecular weight is 319 g/mol. The third-order valence-electron chi connectivity index (χ3n) is 1.93. The lowest BCUT2D eigenvalue weighted by Gasteiger charge is -2.07. The highest BCUT2D eigenvalue weighted by atomic mass is 35.5. The van der Waals surface area contributed by atoms with Crippen molar-refractivity contribution in [1.82, 2.24) is 0 Å². The van der Waals surface area contributed by atoms with Gasteiger partial charge in [0, 0.05) is 11.8 Å². The quantitative estimate of drug-likeness (QED) is 0.319. The molecule has 116 valence electrons. The third kappa shape index (κ3) is 18.4. The molecule has 0 aromatic heterocycles. The second-order valence-electron chi connectivity index (χ2n) is 3.44. The van der Waals surface area contributed by atoms with Gasteiger partial charge in [-0.25, -0.2) is 0 Å². The number of hydrogen-bond acceptors (Lipinski definition) is 5. The van der Waals surface area contributed by atoms with Crippen LogP contribution in [-0.4, -0.2) is 77.8 Å². The van der Waals surface area contributed by atoms with E-state index in [-0.39, 0.29) is 0 Å². The predicted octanol–water partition coefficient (Wildman–Crippen LogP) is 1.55. The zero-order valence-corrected chi connectivity index (χ0v) is 12.8. The molecule has 0 saturated carbocycles. The van der Waals surface area contributed by atoms with Crippen LogP contribution in [0.15, 0.2) is 0 Å². The Morgan fingerprint density at radius 3 is 0.789 bits per heavy atom. The van der Waals surface area contributed by atoms with Crippen LogP contribution in [0.3, 0.4) is 0 Å². The van der Waals surface area contributed by atoms with Crippen LogP contribution >= 0.6 is 23.2 Å². The van der Waals surface area contributed by atoms with E-state index in [0.29, 0.717) is 77.8 Å². The number of rotatable bonds is 16. The first-order chi connectivity index (χ1) is 9.41. The Kier molecular flexibility index (Phi) is 18.7. The van der Waals surface area contributed by atoms with Gasteiger partial charge in [0.25, 0.3) is 0 Å². The van der Waals surface area contributed by atoms with E-state index in [1.807, 2.05) is 0 Å². The topological polar surface area (TPSA) is 46.2 Å². The lowest BCUT2D eigenvalue weighted by atomic mass is 10.7. The second-order valence-corrected chi connectivity index (χ2v) is 4.20. The molecule has 0 aromatic rings. The molecule has 0 radical (unpaired) electrons. The Labute approximate surface area is 125 Å². The average Bonchev–Trinajstić information content (AvgIpc) is 2.43. The predicted molar refractivity (Wildman–Crippen MR) is 75.5 cm³/mol. The van der Waals surface area contributed by atoms with E-state index in [0.717, 1.165) is 0 Å². The Balaban J connectivity index is 2.88. The van der Waals surface area contributed by atoms with Crippen LogP contribution in [-0.2, 0) is 23.7 Å². The monoisotopic (exact) mass is 318 g/mol. The lowest BCUT2D eigenvalue weighted by Crippen LogP contribution is -2.13. The van der Waals surface area contributed by atoms with E-state index in [4.69, 9.17) is 46.9 Å². The van der Waals surface area contributed by atoms with Gasteiger partial charge in [0.1, 0.15) is 0 Å². The van der Waals surface area contributed by atoms with Gasteiger partial charge in [-0.05, 0) is 0 Å². The molecule has 7 heteroatoms. The van der Waals surface area contributed by atoms with Crippen LogP contribution in [0.1, 0.15) is 0 Å². The summed E-state index contributed by atoms with van der Waals surface area (Å²) in [5.41, 5.74) is 0. The minimum atomic E-state index is 0.514. The van der Waals surface area contributed by atoms with Gasteiger partial charge < -0.3 is 23.7 Å². The molecule has 0 rings (SSSR count). The molecule has 19 heavy (non-hydrogen) atoms. The first kappa shape index (κ1) is 19.4. The van der Waals surface area contributed by atoms with Gasteiger partial charge >= 0.3 is 0 Å². The zero-order valence-electron chi connectivity index (χ0n) is 11.3. The highest BCUT2D eigenvalue weighted by Crippen LogP contribution is 1.84. The van der Waals surface area contributed by atoms with Gasteiger partial charge in [-0.1, -0.05) is 0 Å². The van der Waals surface area contributed by atoms with E-state index in [1.165, 1.54) is 0 Å². The van der Waals surface area contributed by atoms with Gasteiger partial charge in [-0.15, -0.1) is 23.2 Å². The number of alkyl halides is 2. The summed E-state index contributed by atoms with van der Waals surface area (Å²) in [5, 5.41) is 0. The lowest BCUT2D eigenvalue weighted by molar-refractivity contribution is -0.00911. The summed E-state index contributed by atoms with van der Waals surface area (Å²) in [6, 6.07) is 0. The summed E-state index contributed by atoms with van der Waals surface area (Å²) in [7, 11) is 0. The minimum absolute atomic E-state index is 0.514. The molecule has 0 heterocycles. The smallest absolute Gasteiger partial charge is 0.0701 e. The zero-order chi connectivity index (χ0) is 14.0. The fourth-order valence-electron chi connectivity index (χ4n) is 1.09. The third-order valence-corrected chi connectivity index (χ3v) is 2.24. The van der Waals surface area contributed by atoms with Crippen LogP contribution in [0.5, 0.6) is 0 Å². The van der Waals surface area contributed by atoms with E-state index in [2.05, 4.69) is 0 Å². The molecule has 0 aromatic carbocycles. The molecular weight excluding hydrogens is 295 g/mol. The molecule has 0 fully saturated rings. The Bertz CT molecular complexity index is 147. The van der Waals surface area contributed by atoms with Gasteiger partial charge in [0.15, 0.2) is 0 Å². The standard InChI is InChI=1S/C12H24Cl2O5/c13-1-3-15-5-7-17-9-11-19-12-10-18-8-6-16-4-2-14/h1-12H2. The van der Waals surface area contributed by atoms with Crippen molar-refractivity contribution in [1.29, 1.82) is 0 Å². The molecule has 5 nitrogen and oxygen atoms in total. The largest absolute Gasteiger partial charge is 0.378 e. The minimum Gasteiger partial charge on any atom is -0.378 e. The van der Waals surface area contributed by atoms with Gasteiger partial charge in [0.2, 0.25) is 0 Å². The van der Waals surface area contributed by atoms with Crippen molar-refractivity contribution in [2.24, 2.45) is 0 Å². The van der Waals surface area contributed by atoms with Crippen LogP contribution in [0.25, 0.3) is 0 Å². The van der Waals surface area contributed by atoms with E-state index < -0.39 is 0 Å². The van der Waals surface area contributed by atoms with Gasteiger partial charge in [-0.2, -0.15) is 0 Å². The highest BCUT2D eigenvalue weighted by Gasteiger charge is 1.92. The van der Waals surface area contributed by atoms with Crippen molar-refractivity contribution in [3.63, 3.8) is 0 Å². The molecule has 0 aliphatic heterocycles. The maximum Gasteiger partial charge on any atom is 0.0701 e. The van der Waals surface area contributed by atoms with Gasteiger partial charge in [0.05, 0.1) is 66.1 Å². The molecule has 0 aliphatic carbocycles.